The molecular formula is C16H28ClN3O2. The summed E-state index contributed by atoms with van der Waals surface area (Å²) in [6.45, 7) is 6.93. The maximum atomic E-state index is 12.5. The number of amides is 1. The van der Waals surface area contributed by atoms with Gasteiger partial charge in [-0.3, -0.25) is 4.79 Å². The summed E-state index contributed by atoms with van der Waals surface area (Å²) in [5.74, 6) is 1.44. The molecule has 126 valence electrons. The number of aromatic nitrogens is 1. The van der Waals surface area contributed by atoms with Crippen LogP contribution in [0.3, 0.4) is 0 Å². The van der Waals surface area contributed by atoms with E-state index < -0.39 is 0 Å². The molecular weight excluding hydrogens is 302 g/mol. The van der Waals surface area contributed by atoms with Gasteiger partial charge in [-0.25, -0.2) is 0 Å². The fourth-order valence-corrected chi connectivity index (χ4v) is 3.07. The normalized spacial score (nSPS) is 15.9. The van der Waals surface area contributed by atoms with E-state index in [2.05, 4.69) is 24.3 Å². The first-order valence-corrected chi connectivity index (χ1v) is 8.10. The summed E-state index contributed by atoms with van der Waals surface area (Å²) in [5.41, 5.74) is 0.911. The van der Waals surface area contributed by atoms with Crippen LogP contribution in [0.25, 0.3) is 0 Å². The van der Waals surface area contributed by atoms with E-state index in [0.29, 0.717) is 17.6 Å². The van der Waals surface area contributed by atoms with Gasteiger partial charge in [0.25, 0.3) is 5.91 Å². The fourth-order valence-electron chi connectivity index (χ4n) is 3.07. The molecule has 1 aromatic heterocycles. The highest BCUT2D eigenvalue weighted by molar-refractivity contribution is 5.91. The lowest BCUT2D eigenvalue weighted by Gasteiger charge is -2.31. The van der Waals surface area contributed by atoms with Crippen molar-refractivity contribution in [2.75, 3.05) is 26.7 Å². The van der Waals surface area contributed by atoms with Crippen LogP contribution in [-0.2, 0) is 0 Å². The van der Waals surface area contributed by atoms with Crippen LogP contribution in [0, 0.1) is 5.92 Å². The molecule has 0 spiro atoms. The zero-order valence-corrected chi connectivity index (χ0v) is 14.6. The van der Waals surface area contributed by atoms with E-state index in [1.807, 2.05) is 18.0 Å². The Hall–Kier alpha value is -1.07. The average molecular weight is 330 g/mol. The van der Waals surface area contributed by atoms with E-state index in [1.54, 1.807) is 0 Å². The minimum Gasteiger partial charge on any atom is -0.351 e. The van der Waals surface area contributed by atoms with Crippen molar-refractivity contribution in [2.24, 2.45) is 5.92 Å². The predicted octanol–water partition coefficient (Wildman–Crippen LogP) is 3.07. The molecule has 0 bridgehead atoms. The number of carbonyl (C=O) groups excluding carboxylic acids is 1. The number of nitrogens with zero attached hydrogens (tertiary/aromatic N) is 2. The molecule has 0 unspecified atom stereocenters. The number of hydrogen-bond acceptors (Lipinski definition) is 4. The maximum Gasteiger partial charge on any atom is 0.292 e. The third kappa shape index (κ3) is 4.46. The highest BCUT2D eigenvalue weighted by atomic mass is 35.5. The summed E-state index contributed by atoms with van der Waals surface area (Å²) >= 11 is 0. The first-order chi connectivity index (χ1) is 10.2. The van der Waals surface area contributed by atoms with Gasteiger partial charge < -0.3 is 14.7 Å². The molecule has 1 aliphatic rings. The predicted molar refractivity (Wildman–Crippen MR) is 89.6 cm³/mol. The van der Waals surface area contributed by atoms with Crippen LogP contribution in [0.15, 0.2) is 10.6 Å². The van der Waals surface area contributed by atoms with Gasteiger partial charge in [-0.05, 0) is 45.2 Å². The molecule has 6 heteroatoms. The number of piperidine rings is 1. The van der Waals surface area contributed by atoms with Crippen molar-refractivity contribution >= 4 is 18.3 Å². The molecule has 1 fully saturated rings. The standard InChI is InChI=1S/C16H27N3O2.ClH/c1-4-13(5-2)14-10-15(21-18-14)16(20)19-8-6-12(7-9-19)11-17-3;/h10,12-13,17H,4-9,11H2,1-3H3;1H. The third-order valence-corrected chi connectivity index (χ3v) is 4.54. The van der Waals surface area contributed by atoms with Gasteiger partial charge in [0.15, 0.2) is 0 Å². The van der Waals surface area contributed by atoms with E-state index >= 15 is 0 Å². The lowest BCUT2D eigenvalue weighted by atomic mass is 9.96. The summed E-state index contributed by atoms with van der Waals surface area (Å²) in [4.78, 5) is 14.3. The average Bonchev–Trinajstić information content (AvgIpc) is 2.99. The van der Waals surface area contributed by atoms with Gasteiger partial charge in [0.05, 0.1) is 5.69 Å². The molecule has 0 aliphatic carbocycles. The highest BCUT2D eigenvalue weighted by Crippen LogP contribution is 2.24. The molecule has 2 heterocycles. The molecule has 22 heavy (non-hydrogen) atoms. The Morgan fingerprint density at radius 2 is 2.05 bits per heavy atom. The van der Waals surface area contributed by atoms with Crippen molar-refractivity contribution in [3.8, 4) is 0 Å². The summed E-state index contributed by atoms with van der Waals surface area (Å²) < 4.78 is 5.29. The lowest BCUT2D eigenvalue weighted by molar-refractivity contribution is 0.0649. The van der Waals surface area contributed by atoms with Crippen LogP contribution in [0.4, 0.5) is 0 Å². The van der Waals surface area contributed by atoms with Crippen LogP contribution in [0.1, 0.15) is 61.7 Å². The number of rotatable bonds is 6. The molecule has 1 aromatic rings. The Labute approximate surface area is 139 Å². The smallest absolute Gasteiger partial charge is 0.292 e. The van der Waals surface area contributed by atoms with E-state index in [9.17, 15) is 4.79 Å². The Morgan fingerprint density at radius 1 is 1.41 bits per heavy atom. The van der Waals surface area contributed by atoms with Gasteiger partial charge in [0, 0.05) is 25.1 Å². The third-order valence-electron chi connectivity index (χ3n) is 4.54. The monoisotopic (exact) mass is 329 g/mol. The van der Waals surface area contributed by atoms with Gasteiger partial charge in [-0.1, -0.05) is 19.0 Å². The van der Waals surface area contributed by atoms with Gasteiger partial charge in [0.2, 0.25) is 5.76 Å². The maximum absolute atomic E-state index is 12.5. The van der Waals surface area contributed by atoms with Crippen LogP contribution >= 0.6 is 12.4 Å². The summed E-state index contributed by atoms with van der Waals surface area (Å²) in [5, 5.41) is 7.30. The lowest BCUT2D eigenvalue weighted by Crippen LogP contribution is -2.40. The minimum absolute atomic E-state index is 0. The molecule has 0 saturated carbocycles. The largest absolute Gasteiger partial charge is 0.351 e. The summed E-state index contributed by atoms with van der Waals surface area (Å²) in [6.07, 6.45) is 4.15. The first-order valence-electron chi connectivity index (χ1n) is 8.10. The molecule has 1 N–H and O–H groups in total. The molecule has 0 radical (unpaired) electrons. The second kappa shape index (κ2) is 9.16. The Bertz CT molecular complexity index is 452. The summed E-state index contributed by atoms with van der Waals surface area (Å²) in [6, 6.07) is 1.83. The fraction of sp³-hybridized carbons (Fsp3) is 0.750. The SMILES string of the molecule is CCC(CC)c1cc(C(=O)N2CCC(CNC)CC2)on1.Cl. The van der Waals surface area contributed by atoms with Crippen LogP contribution in [-0.4, -0.2) is 42.6 Å². The molecule has 1 amide bonds. The molecule has 0 atom stereocenters. The first kappa shape index (κ1) is 19.0. The van der Waals surface area contributed by atoms with Crippen LogP contribution in [0.2, 0.25) is 0 Å². The van der Waals surface area contributed by atoms with Crippen molar-refractivity contribution in [1.29, 1.82) is 0 Å². The highest BCUT2D eigenvalue weighted by Gasteiger charge is 2.26. The number of halogens is 1. The Balaban J connectivity index is 0.00000242. The van der Waals surface area contributed by atoms with Crippen molar-refractivity contribution in [1.82, 2.24) is 15.4 Å². The van der Waals surface area contributed by atoms with Crippen LogP contribution in [0.5, 0.6) is 0 Å². The second-order valence-corrected chi connectivity index (χ2v) is 5.92. The molecule has 0 aromatic carbocycles. The van der Waals surface area contributed by atoms with Crippen molar-refractivity contribution in [3.63, 3.8) is 0 Å². The van der Waals surface area contributed by atoms with Gasteiger partial charge in [-0.15, -0.1) is 12.4 Å². The second-order valence-electron chi connectivity index (χ2n) is 5.92. The van der Waals surface area contributed by atoms with Gasteiger partial charge >= 0.3 is 0 Å². The molecule has 1 saturated heterocycles. The number of hydrogen-bond donors (Lipinski definition) is 1. The van der Waals surface area contributed by atoms with E-state index in [-0.39, 0.29) is 18.3 Å². The van der Waals surface area contributed by atoms with Crippen molar-refractivity contribution in [2.45, 2.75) is 45.4 Å². The molecule has 1 aliphatic heterocycles. The topological polar surface area (TPSA) is 58.4 Å². The van der Waals surface area contributed by atoms with E-state index in [4.69, 9.17) is 4.52 Å². The zero-order valence-electron chi connectivity index (χ0n) is 13.8. The van der Waals surface area contributed by atoms with Crippen LogP contribution < -0.4 is 5.32 Å². The minimum atomic E-state index is -0.0115. The Morgan fingerprint density at radius 3 is 2.59 bits per heavy atom. The van der Waals surface area contributed by atoms with Crippen molar-refractivity contribution < 1.29 is 9.32 Å². The summed E-state index contributed by atoms with van der Waals surface area (Å²) in [7, 11) is 1.98. The van der Waals surface area contributed by atoms with Crippen molar-refractivity contribution in [3.05, 3.63) is 17.5 Å². The number of carbonyl (C=O) groups is 1. The van der Waals surface area contributed by atoms with E-state index in [0.717, 1.165) is 51.0 Å². The van der Waals surface area contributed by atoms with Gasteiger partial charge in [0.1, 0.15) is 0 Å². The zero-order chi connectivity index (χ0) is 15.2. The number of nitrogens with one attached hydrogen (secondary N) is 1. The Kier molecular flexibility index (Phi) is 7.90. The quantitative estimate of drug-likeness (QED) is 0.871. The van der Waals surface area contributed by atoms with E-state index in [1.165, 1.54) is 0 Å². The molecule has 2 rings (SSSR count). The number of likely N-dealkylation sites (tertiary alicyclic amines) is 1. The molecule has 5 nitrogen and oxygen atoms in total. The van der Waals surface area contributed by atoms with Gasteiger partial charge in [-0.2, -0.15) is 0 Å².